The van der Waals surface area contributed by atoms with Crippen LogP contribution in [0.4, 0.5) is 0 Å². The fourth-order valence-corrected chi connectivity index (χ4v) is 2.24. The molecule has 1 amide bonds. The lowest BCUT2D eigenvalue weighted by molar-refractivity contribution is -0.136. The Morgan fingerprint density at radius 1 is 1.42 bits per heavy atom. The largest absolute Gasteiger partial charge is 0.484 e. The number of β-amino-alcohol motifs (C(OH)–C–C–N with tert-alkyl or cyclic N) is 1. The van der Waals surface area contributed by atoms with Crippen molar-refractivity contribution in [1.29, 1.82) is 0 Å². The summed E-state index contributed by atoms with van der Waals surface area (Å²) in [5.74, 6) is 0.654. The zero-order valence-electron chi connectivity index (χ0n) is 11.3. The van der Waals surface area contributed by atoms with Crippen LogP contribution in [0.1, 0.15) is 25.3 Å². The fraction of sp³-hybridized carbons (Fsp3) is 0.533. The molecule has 1 heterocycles. The van der Waals surface area contributed by atoms with Gasteiger partial charge in [-0.25, -0.2) is 0 Å². The van der Waals surface area contributed by atoms with Crippen molar-refractivity contribution < 1.29 is 14.6 Å². The van der Waals surface area contributed by atoms with Crippen LogP contribution in [0, 0.1) is 0 Å². The monoisotopic (exact) mass is 263 g/mol. The highest BCUT2D eigenvalue weighted by atomic mass is 16.5. The molecule has 0 spiro atoms. The highest BCUT2D eigenvalue weighted by Gasteiger charge is 2.22. The quantitative estimate of drug-likeness (QED) is 0.898. The van der Waals surface area contributed by atoms with Crippen molar-refractivity contribution in [1.82, 2.24) is 4.90 Å². The number of aryl methyl sites for hydroxylation is 1. The Labute approximate surface area is 114 Å². The maximum absolute atomic E-state index is 11.9. The van der Waals surface area contributed by atoms with Crippen LogP contribution in [0.3, 0.4) is 0 Å². The van der Waals surface area contributed by atoms with Gasteiger partial charge in [0, 0.05) is 13.1 Å². The second kappa shape index (κ2) is 6.57. The third kappa shape index (κ3) is 3.96. The van der Waals surface area contributed by atoms with Crippen molar-refractivity contribution in [2.75, 3.05) is 19.7 Å². The van der Waals surface area contributed by atoms with Crippen LogP contribution in [-0.4, -0.2) is 41.7 Å². The summed E-state index contributed by atoms with van der Waals surface area (Å²) in [5, 5.41) is 9.54. The summed E-state index contributed by atoms with van der Waals surface area (Å²) < 4.78 is 5.48. The van der Waals surface area contributed by atoms with Crippen molar-refractivity contribution in [3.05, 3.63) is 29.8 Å². The molecule has 1 fully saturated rings. The van der Waals surface area contributed by atoms with E-state index in [4.69, 9.17) is 4.74 Å². The number of carbonyl (C=O) groups excluding carboxylic acids is 1. The van der Waals surface area contributed by atoms with E-state index in [0.717, 1.165) is 19.3 Å². The van der Waals surface area contributed by atoms with Crippen molar-refractivity contribution in [2.24, 2.45) is 0 Å². The van der Waals surface area contributed by atoms with Crippen LogP contribution in [0.25, 0.3) is 0 Å². The minimum Gasteiger partial charge on any atom is -0.484 e. The average Bonchev–Trinajstić information content (AvgIpc) is 2.45. The molecular formula is C15H21NO3. The number of likely N-dealkylation sites (tertiary alicyclic amines) is 1. The van der Waals surface area contributed by atoms with Crippen molar-refractivity contribution in [3.8, 4) is 5.75 Å². The minimum atomic E-state index is -0.387. The van der Waals surface area contributed by atoms with Crippen LogP contribution in [0.5, 0.6) is 5.75 Å². The molecule has 1 aliphatic heterocycles. The topological polar surface area (TPSA) is 49.8 Å². The molecular weight excluding hydrogens is 242 g/mol. The van der Waals surface area contributed by atoms with Crippen LogP contribution >= 0.6 is 0 Å². The Morgan fingerprint density at radius 2 is 2.16 bits per heavy atom. The number of nitrogens with zero attached hydrogens (tertiary/aromatic N) is 1. The van der Waals surface area contributed by atoms with Crippen LogP contribution in [0.15, 0.2) is 24.3 Å². The molecule has 4 heteroatoms. The molecule has 1 saturated heterocycles. The van der Waals surface area contributed by atoms with Crippen molar-refractivity contribution in [2.45, 2.75) is 32.3 Å². The highest BCUT2D eigenvalue weighted by molar-refractivity contribution is 5.77. The molecule has 0 bridgehead atoms. The van der Waals surface area contributed by atoms with Gasteiger partial charge in [-0.15, -0.1) is 0 Å². The number of aliphatic hydroxyl groups is 1. The summed E-state index contributed by atoms with van der Waals surface area (Å²) in [6, 6.07) is 7.78. The van der Waals surface area contributed by atoms with E-state index in [1.807, 2.05) is 24.3 Å². The van der Waals surface area contributed by atoms with Crippen LogP contribution < -0.4 is 4.74 Å². The van der Waals surface area contributed by atoms with Gasteiger partial charge in [-0.1, -0.05) is 19.1 Å². The summed E-state index contributed by atoms with van der Waals surface area (Å²) in [6.07, 6.45) is 2.24. The van der Waals surface area contributed by atoms with Gasteiger partial charge in [-0.05, 0) is 37.0 Å². The Hall–Kier alpha value is -1.55. The molecule has 19 heavy (non-hydrogen) atoms. The molecule has 0 radical (unpaired) electrons. The number of hydrogen-bond donors (Lipinski definition) is 1. The van der Waals surface area contributed by atoms with E-state index in [1.54, 1.807) is 4.90 Å². The molecule has 0 saturated carbocycles. The summed E-state index contributed by atoms with van der Waals surface area (Å²) in [6.45, 7) is 3.28. The van der Waals surface area contributed by atoms with E-state index in [9.17, 15) is 9.90 Å². The van der Waals surface area contributed by atoms with E-state index in [1.165, 1.54) is 5.56 Å². The van der Waals surface area contributed by atoms with Crippen LogP contribution in [0.2, 0.25) is 0 Å². The second-order valence-corrected chi connectivity index (χ2v) is 4.92. The van der Waals surface area contributed by atoms with Gasteiger partial charge in [0.2, 0.25) is 0 Å². The van der Waals surface area contributed by atoms with E-state index >= 15 is 0 Å². The number of rotatable bonds is 4. The molecule has 4 nitrogen and oxygen atoms in total. The van der Waals surface area contributed by atoms with Gasteiger partial charge in [0.15, 0.2) is 6.61 Å². The molecule has 1 N–H and O–H groups in total. The number of piperidine rings is 1. The number of benzene rings is 1. The molecule has 0 aliphatic carbocycles. The normalized spacial score (nSPS) is 19.3. The lowest BCUT2D eigenvalue weighted by atomic mass is 10.1. The zero-order valence-corrected chi connectivity index (χ0v) is 11.3. The van der Waals surface area contributed by atoms with Crippen molar-refractivity contribution in [3.63, 3.8) is 0 Å². The van der Waals surface area contributed by atoms with Gasteiger partial charge in [0.25, 0.3) is 5.91 Å². The number of hydrogen-bond acceptors (Lipinski definition) is 3. The number of aliphatic hydroxyl groups excluding tert-OH is 1. The van der Waals surface area contributed by atoms with Gasteiger partial charge in [-0.2, -0.15) is 0 Å². The first-order valence-corrected chi connectivity index (χ1v) is 6.86. The van der Waals surface area contributed by atoms with Gasteiger partial charge in [-0.3, -0.25) is 4.79 Å². The first kappa shape index (κ1) is 13.9. The Morgan fingerprint density at radius 3 is 2.79 bits per heavy atom. The first-order valence-electron chi connectivity index (χ1n) is 6.86. The molecule has 1 aliphatic rings. The standard InChI is InChI=1S/C15H21NO3/c1-2-12-5-7-14(8-6-12)19-11-15(18)16-9-3-4-13(17)10-16/h5-8,13,17H,2-4,9-11H2,1H3. The van der Waals surface area contributed by atoms with Gasteiger partial charge in [0.1, 0.15) is 5.75 Å². The number of amides is 1. The van der Waals surface area contributed by atoms with Gasteiger partial charge in [0.05, 0.1) is 6.10 Å². The maximum atomic E-state index is 11.9. The number of carbonyl (C=O) groups is 1. The summed E-state index contributed by atoms with van der Waals surface area (Å²) in [5.41, 5.74) is 1.25. The Bertz CT molecular complexity index is 416. The fourth-order valence-electron chi connectivity index (χ4n) is 2.24. The maximum Gasteiger partial charge on any atom is 0.260 e. The third-order valence-electron chi connectivity index (χ3n) is 3.44. The number of ether oxygens (including phenoxy) is 1. The van der Waals surface area contributed by atoms with E-state index < -0.39 is 0 Å². The molecule has 1 atom stereocenters. The van der Waals surface area contributed by atoms with E-state index in [0.29, 0.717) is 18.8 Å². The van der Waals surface area contributed by atoms with E-state index in [2.05, 4.69) is 6.92 Å². The molecule has 1 aromatic carbocycles. The van der Waals surface area contributed by atoms with Gasteiger partial charge >= 0.3 is 0 Å². The van der Waals surface area contributed by atoms with E-state index in [-0.39, 0.29) is 18.6 Å². The zero-order chi connectivity index (χ0) is 13.7. The molecule has 104 valence electrons. The Balaban J connectivity index is 1.82. The summed E-state index contributed by atoms with van der Waals surface area (Å²) >= 11 is 0. The SMILES string of the molecule is CCc1ccc(OCC(=O)N2CCCC(O)C2)cc1. The molecule has 2 rings (SSSR count). The molecule has 1 aromatic rings. The van der Waals surface area contributed by atoms with Crippen molar-refractivity contribution >= 4 is 5.91 Å². The molecule has 0 aromatic heterocycles. The highest BCUT2D eigenvalue weighted by Crippen LogP contribution is 2.14. The second-order valence-electron chi connectivity index (χ2n) is 4.92. The Kier molecular flexibility index (Phi) is 4.80. The summed E-state index contributed by atoms with van der Waals surface area (Å²) in [4.78, 5) is 13.6. The third-order valence-corrected chi connectivity index (χ3v) is 3.44. The average molecular weight is 263 g/mol. The van der Waals surface area contributed by atoms with Crippen LogP contribution in [-0.2, 0) is 11.2 Å². The minimum absolute atomic E-state index is 0.0399. The smallest absolute Gasteiger partial charge is 0.260 e. The first-order chi connectivity index (χ1) is 9.19. The predicted molar refractivity (Wildman–Crippen MR) is 73.1 cm³/mol. The summed E-state index contributed by atoms with van der Waals surface area (Å²) in [7, 11) is 0. The molecule has 1 unspecified atom stereocenters. The predicted octanol–water partition coefficient (Wildman–Crippen LogP) is 1.61. The van der Waals surface area contributed by atoms with Gasteiger partial charge < -0.3 is 14.7 Å². The lowest BCUT2D eigenvalue weighted by Crippen LogP contribution is -2.44. The lowest BCUT2D eigenvalue weighted by Gasteiger charge is -2.30.